The lowest BCUT2D eigenvalue weighted by Gasteiger charge is -2.09. The van der Waals surface area contributed by atoms with E-state index < -0.39 is 5.91 Å². The summed E-state index contributed by atoms with van der Waals surface area (Å²) < 4.78 is 11.3. The van der Waals surface area contributed by atoms with Crippen LogP contribution in [0.2, 0.25) is 0 Å². The van der Waals surface area contributed by atoms with E-state index in [4.69, 9.17) is 15.2 Å². The third-order valence-electron chi connectivity index (χ3n) is 3.16. The number of benzene rings is 2. The summed E-state index contributed by atoms with van der Waals surface area (Å²) in [5.41, 5.74) is 8.05. The summed E-state index contributed by atoms with van der Waals surface area (Å²) in [6.07, 6.45) is 0.782. The highest BCUT2D eigenvalue weighted by Crippen LogP contribution is 2.16. The Hall–Kier alpha value is -2.49. The van der Waals surface area contributed by atoms with Crippen LogP contribution >= 0.6 is 0 Å². The smallest absolute Gasteiger partial charge is 0.248 e. The molecule has 0 aliphatic heterocycles. The van der Waals surface area contributed by atoms with Crippen LogP contribution in [-0.4, -0.2) is 19.1 Å². The normalized spacial score (nSPS) is 10.3. The van der Waals surface area contributed by atoms with Crippen molar-refractivity contribution in [3.8, 4) is 11.5 Å². The van der Waals surface area contributed by atoms with E-state index in [1.165, 1.54) is 11.1 Å². The molecule has 2 aromatic rings. The molecule has 0 aliphatic rings. The zero-order valence-corrected chi connectivity index (χ0v) is 13.0. The molecule has 2 aromatic carbocycles. The standard InChI is InChI=1S/C18H21NO3/c1-13-10-14(2)12-17(11-13)22-9-3-8-21-16-6-4-15(5-7-16)18(19)20/h4-7,10-12H,3,8-9H2,1-2H3,(H2,19,20). The molecule has 0 radical (unpaired) electrons. The first-order chi connectivity index (χ1) is 10.5. The van der Waals surface area contributed by atoms with Crippen molar-refractivity contribution >= 4 is 5.91 Å². The molecule has 0 saturated carbocycles. The third-order valence-corrected chi connectivity index (χ3v) is 3.16. The van der Waals surface area contributed by atoms with E-state index in [9.17, 15) is 4.79 Å². The maximum atomic E-state index is 11.0. The summed E-state index contributed by atoms with van der Waals surface area (Å²) in [6, 6.07) is 13.0. The predicted octanol–water partition coefficient (Wildman–Crippen LogP) is 3.25. The molecule has 0 unspecified atom stereocenters. The van der Waals surface area contributed by atoms with Crippen LogP contribution in [0.25, 0.3) is 0 Å². The van der Waals surface area contributed by atoms with Gasteiger partial charge >= 0.3 is 0 Å². The number of nitrogens with two attached hydrogens (primary N) is 1. The summed E-state index contributed by atoms with van der Waals surface area (Å²) in [6.45, 7) is 5.26. The second-order valence-electron chi connectivity index (χ2n) is 5.26. The Bertz CT molecular complexity index is 615. The van der Waals surface area contributed by atoms with Crippen LogP contribution in [0, 0.1) is 13.8 Å². The molecule has 0 spiro atoms. The number of carbonyl (C=O) groups is 1. The second kappa shape index (κ2) is 7.50. The lowest BCUT2D eigenvalue weighted by atomic mass is 10.1. The van der Waals surface area contributed by atoms with Gasteiger partial charge < -0.3 is 15.2 Å². The maximum absolute atomic E-state index is 11.0. The van der Waals surface area contributed by atoms with Crippen molar-refractivity contribution in [2.24, 2.45) is 5.73 Å². The first-order valence-electron chi connectivity index (χ1n) is 7.28. The van der Waals surface area contributed by atoms with Crippen LogP contribution in [0.3, 0.4) is 0 Å². The monoisotopic (exact) mass is 299 g/mol. The molecule has 116 valence electrons. The molecule has 0 bridgehead atoms. The number of hydrogen-bond donors (Lipinski definition) is 1. The highest BCUT2D eigenvalue weighted by Gasteiger charge is 2.01. The zero-order valence-electron chi connectivity index (χ0n) is 13.0. The molecule has 4 nitrogen and oxygen atoms in total. The highest BCUT2D eigenvalue weighted by atomic mass is 16.5. The minimum Gasteiger partial charge on any atom is -0.493 e. The average Bonchev–Trinajstić information content (AvgIpc) is 2.46. The van der Waals surface area contributed by atoms with Crippen molar-refractivity contribution < 1.29 is 14.3 Å². The number of aryl methyl sites for hydroxylation is 2. The molecule has 0 saturated heterocycles. The second-order valence-corrected chi connectivity index (χ2v) is 5.26. The summed E-state index contributed by atoms with van der Waals surface area (Å²) >= 11 is 0. The lowest BCUT2D eigenvalue weighted by molar-refractivity contribution is 0.100. The molecule has 0 aliphatic carbocycles. The number of ether oxygens (including phenoxy) is 2. The van der Waals surface area contributed by atoms with Gasteiger partial charge in [-0.05, 0) is 61.4 Å². The Kier molecular flexibility index (Phi) is 5.42. The molecular weight excluding hydrogens is 278 g/mol. The van der Waals surface area contributed by atoms with Gasteiger partial charge in [0.25, 0.3) is 0 Å². The molecular formula is C18H21NO3. The number of rotatable bonds is 7. The number of amides is 1. The van der Waals surface area contributed by atoms with Crippen molar-refractivity contribution in [1.82, 2.24) is 0 Å². The first-order valence-corrected chi connectivity index (χ1v) is 7.28. The number of carbonyl (C=O) groups excluding carboxylic acids is 1. The minimum atomic E-state index is -0.437. The van der Waals surface area contributed by atoms with Crippen LogP contribution in [0.4, 0.5) is 0 Å². The van der Waals surface area contributed by atoms with Crippen LogP contribution in [0.5, 0.6) is 11.5 Å². The Morgan fingerprint density at radius 3 is 2.00 bits per heavy atom. The largest absolute Gasteiger partial charge is 0.493 e. The van der Waals surface area contributed by atoms with Gasteiger partial charge in [-0.1, -0.05) is 6.07 Å². The summed E-state index contributed by atoms with van der Waals surface area (Å²) in [5.74, 6) is 1.17. The van der Waals surface area contributed by atoms with Gasteiger partial charge in [0.1, 0.15) is 11.5 Å². The zero-order chi connectivity index (χ0) is 15.9. The Morgan fingerprint density at radius 2 is 1.45 bits per heavy atom. The van der Waals surface area contributed by atoms with Crippen LogP contribution < -0.4 is 15.2 Å². The molecule has 0 atom stereocenters. The van der Waals surface area contributed by atoms with Crippen molar-refractivity contribution in [2.75, 3.05) is 13.2 Å². The Labute approximate surface area is 130 Å². The van der Waals surface area contributed by atoms with Gasteiger partial charge in [-0.3, -0.25) is 4.79 Å². The van der Waals surface area contributed by atoms with Gasteiger partial charge in [0.05, 0.1) is 13.2 Å². The van der Waals surface area contributed by atoms with Gasteiger partial charge in [-0.2, -0.15) is 0 Å². The van der Waals surface area contributed by atoms with E-state index in [0.717, 1.165) is 17.9 Å². The fraction of sp³-hybridized carbons (Fsp3) is 0.278. The van der Waals surface area contributed by atoms with E-state index in [1.807, 2.05) is 12.1 Å². The van der Waals surface area contributed by atoms with E-state index >= 15 is 0 Å². The van der Waals surface area contributed by atoms with Crippen LogP contribution in [0.15, 0.2) is 42.5 Å². The third kappa shape index (κ3) is 4.81. The van der Waals surface area contributed by atoms with E-state index in [2.05, 4.69) is 19.9 Å². The van der Waals surface area contributed by atoms with Crippen molar-refractivity contribution in [2.45, 2.75) is 20.3 Å². The summed E-state index contributed by atoms with van der Waals surface area (Å²) in [7, 11) is 0. The van der Waals surface area contributed by atoms with Gasteiger partial charge in [0.2, 0.25) is 5.91 Å². The molecule has 0 heterocycles. The Morgan fingerprint density at radius 1 is 0.909 bits per heavy atom. The first kappa shape index (κ1) is 15.9. The maximum Gasteiger partial charge on any atom is 0.248 e. The van der Waals surface area contributed by atoms with Crippen molar-refractivity contribution in [3.05, 3.63) is 59.2 Å². The number of hydrogen-bond acceptors (Lipinski definition) is 3. The molecule has 2 N–H and O–H groups in total. The summed E-state index contributed by atoms with van der Waals surface area (Å²) in [4.78, 5) is 11.0. The van der Waals surface area contributed by atoms with Crippen LogP contribution in [-0.2, 0) is 0 Å². The van der Waals surface area contributed by atoms with E-state index in [1.54, 1.807) is 24.3 Å². The number of primary amides is 1. The predicted molar refractivity (Wildman–Crippen MR) is 86.5 cm³/mol. The van der Waals surface area contributed by atoms with Gasteiger partial charge in [-0.15, -0.1) is 0 Å². The quantitative estimate of drug-likeness (QED) is 0.798. The van der Waals surface area contributed by atoms with E-state index in [-0.39, 0.29) is 0 Å². The molecule has 2 rings (SSSR count). The minimum absolute atomic E-state index is 0.437. The fourth-order valence-electron chi connectivity index (χ4n) is 2.17. The molecule has 1 amide bonds. The van der Waals surface area contributed by atoms with Gasteiger partial charge in [-0.25, -0.2) is 0 Å². The van der Waals surface area contributed by atoms with Crippen molar-refractivity contribution in [3.63, 3.8) is 0 Å². The molecule has 0 fully saturated rings. The van der Waals surface area contributed by atoms with Crippen LogP contribution in [0.1, 0.15) is 27.9 Å². The molecule has 4 heteroatoms. The highest BCUT2D eigenvalue weighted by molar-refractivity contribution is 5.92. The average molecular weight is 299 g/mol. The topological polar surface area (TPSA) is 61.6 Å². The summed E-state index contributed by atoms with van der Waals surface area (Å²) in [5, 5.41) is 0. The Balaban J connectivity index is 1.72. The molecule has 0 aromatic heterocycles. The lowest BCUT2D eigenvalue weighted by Crippen LogP contribution is -2.10. The van der Waals surface area contributed by atoms with Crippen molar-refractivity contribution in [1.29, 1.82) is 0 Å². The molecule has 22 heavy (non-hydrogen) atoms. The SMILES string of the molecule is Cc1cc(C)cc(OCCCOc2ccc(C(N)=O)cc2)c1. The van der Waals surface area contributed by atoms with E-state index in [0.29, 0.717) is 18.8 Å². The fourth-order valence-corrected chi connectivity index (χ4v) is 2.17. The van der Waals surface area contributed by atoms with Gasteiger partial charge in [0, 0.05) is 12.0 Å². The van der Waals surface area contributed by atoms with Gasteiger partial charge in [0.15, 0.2) is 0 Å².